The lowest BCUT2D eigenvalue weighted by molar-refractivity contribution is -0.119. The summed E-state index contributed by atoms with van der Waals surface area (Å²) < 4.78 is 24.9. The van der Waals surface area contributed by atoms with Gasteiger partial charge in [-0.25, -0.2) is 13.1 Å². The molecule has 0 rings (SSSR count). The molecule has 0 aliphatic carbocycles. The number of amides is 1. The normalized spacial score (nSPS) is 13.9. The zero-order valence-corrected chi connectivity index (χ0v) is 9.43. The minimum absolute atomic E-state index is 0.0283. The molecule has 0 aromatic rings. The van der Waals surface area contributed by atoms with E-state index in [1.807, 2.05) is 6.92 Å². The molecule has 1 atom stereocenters. The zero-order chi connectivity index (χ0) is 11.2. The van der Waals surface area contributed by atoms with Crippen LogP contribution in [-0.2, 0) is 14.8 Å². The van der Waals surface area contributed by atoms with Crippen molar-refractivity contribution in [3.63, 3.8) is 0 Å². The summed E-state index contributed by atoms with van der Waals surface area (Å²) in [6.07, 6.45) is 1.67. The lowest BCUT2D eigenvalue weighted by Gasteiger charge is -2.13. The van der Waals surface area contributed by atoms with E-state index in [1.165, 1.54) is 0 Å². The van der Waals surface area contributed by atoms with Crippen molar-refractivity contribution < 1.29 is 13.2 Å². The van der Waals surface area contributed by atoms with Gasteiger partial charge < -0.3 is 5.73 Å². The van der Waals surface area contributed by atoms with Gasteiger partial charge in [-0.2, -0.15) is 0 Å². The Bertz CT molecular complexity index is 274. The van der Waals surface area contributed by atoms with Gasteiger partial charge in [0.2, 0.25) is 15.9 Å². The first-order chi connectivity index (χ1) is 6.43. The van der Waals surface area contributed by atoms with Crippen molar-refractivity contribution in [1.29, 1.82) is 0 Å². The maximum Gasteiger partial charge on any atom is 0.235 e. The van der Waals surface area contributed by atoms with Crippen LogP contribution < -0.4 is 10.5 Å². The molecule has 14 heavy (non-hydrogen) atoms. The first-order valence-corrected chi connectivity index (χ1v) is 6.37. The average Bonchev–Trinajstić information content (AvgIpc) is 2.02. The highest BCUT2D eigenvalue weighted by Gasteiger charge is 2.20. The van der Waals surface area contributed by atoms with Crippen LogP contribution >= 0.6 is 0 Å². The van der Waals surface area contributed by atoms with Crippen molar-refractivity contribution in [3.8, 4) is 0 Å². The SMILES string of the molecule is CCCC(NS(=O)(=O)CCC)C(N)=O. The number of carbonyl (C=O) groups excluding carboxylic acids is 1. The largest absolute Gasteiger partial charge is 0.368 e. The predicted octanol–water partition coefficient (Wildman–Crippen LogP) is -0.0302. The lowest BCUT2D eigenvalue weighted by atomic mass is 10.2. The zero-order valence-electron chi connectivity index (χ0n) is 8.62. The molecule has 0 spiro atoms. The molecule has 0 radical (unpaired) electrons. The third-order valence-corrected chi connectivity index (χ3v) is 3.30. The number of hydrogen-bond acceptors (Lipinski definition) is 3. The van der Waals surface area contributed by atoms with Gasteiger partial charge in [0.15, 0.2) is 0 Å². The van der Waals surface area contributed by atoms with Gasteiger partial charge in [-0.05, 0) is 12.8 Å². The molecule has 1 amide bonds. The summed E-state index contributed by atoms with van der Waals surface area (Å²) in [4.78, 5) is 10.9. The van der Waals surface area contributed by atoms with Crippen molar-refractivity contribution in [3.05, 3.63) is 0 Å². The van der Waals surface area contributed by atoms with Crippen LogP contribution in [0.5, 0.6) is 0 Å². The summed E-state index contributed by atoms with van der Waals surface area (Å²) >= 11 is 0. The highest BCUT2D eigenvalue weighted by atomic mass is 32.2. The second-order valence-electron chi connectivity index (χ2n) is 3.18. The first-order valence-electron chi connectivity index (χ1n) is 4.72. The molecule has 84 valence electrons. The fraction of sp³-hybridized carbons (Fsp3) is 0.875. The van der Waals surface area contributed by atoms with Gasteiger partial charge in [0.1, 0.15) is 6.04 Å². The van der Waals surface area contributed by atoms with Crippen LogP contribution in [0.3, 0.4) is 0 Å². The van der Waals surface area contributed by atoms with Crippen LogP contribution in [0.1, 0.15) is 33.1 Å². The fourth-order valence-corrected chi connectivity index (χ4v) is 2.42. The van der Waals surface area contributed by atoms with E-state index in [1.54, 1.807) is 6.92 Å². The Morgan fingerprint density at radius 3 is 2.29 bits per heavy atom. The van der Waals surface area contributed by atoms with E-state index in [-0.39, 0.29) is 5.75 Å². The molecule has 0 saturated heterocycles. The maximum atomic E-state index is 11.3. The van der Waals surface area contributed by atoms with Crippen molar-refractivity contribution in [2.45, 2.75) is 39.2 Å². The van der Waals surface area contributed by atoms with Crippen LogP contribution in [0, 0.1) is 0 Å². The number of nitrogens with one attached hydrogen (secondary N) is 1. The molecule has 0 saturated carbocycles. The monoisotopic (exact) mass is 222 g/mol. The van der Waals surface area contributed by atoms with Gasteiger partial charge in [0, 0.05) is 0 Å². The molecule has 5 nitrogen and oxygen atoms in total. The van der Waals surface area contributed by atoms with Crippen LogP contribution in [-0.4, -0.2) is 26.1 Å². The molecule has 0 bridgehead atoms. The molecule has 0 aliphatic heterocycles. The predicted molar refractivity (Wildman–Crippen MR) is 55.1 cm³/mol. The van der Waals surface area contributed by atoms with E-state index in [4.69, 9.17) is 5.73 Å². The van der Waals surface area contributed by atoms with E-state index < -0.39 is 22.0 Å². The first kappa shape index (κ1) is 13.4. The summed E-state index contributed by atoms with van der Waals surface area (Å²) in [5.74, 6) is -0.591. The van der Waals surface area contributed by atoms with Crippen molar-refractivity contribution in [2.24, 2.45) is 5.73 Å². The topological polar surface area (TPSA) is 89.3 Å². The molecule has 3 N–H and O–H groups in total. The molecule has 0 aromatic heterocycles. The van der Waals surface area contributed by atoms with E-state index in [0.717, 1.165) is 0 Å². The van der Waals surface area contributed by atoms with Gasteiger partial charge in [0.05, 0.1) is 5.75 Å². The number of sulfonamides is 1. The van der Waals surface area contributed by atoms with E-state index in [9.17, 15) is 13.2 Å². The molecule has 6 heteroatoms. The molecule has 0 aromatic carbocycles. The number of hydrogen-bond donors (Lipinski definition) is 2. The second kappa shape index (κ2) is 5.98. The highest BCUT2D eigenvalue weighted by molar-refractivity contribution is 7.89. The number of carbonyl (C=O) groups is 1. The van der Waals surface area contributed by atoms with Crippen LogP contribution in [0.15, 0.2) is 0 Å². The van der Waals surface area contributed by atoms with Gasteiger partial charge in [-0.15, -0.1) is 0 Å². The van der Waals surface area contributed by atoms with Gasteiger partial charge in [-0.3, -0.25) is 4.79 Å². The minimum atomic E-state index is -3.35. The summed E-state index contributed by atoms with van der Waals surface area (Å²) in [6, 6.07) is -0.767. The van der Waals surface area contributed by atoms with Crippen LogP contribution in [0.2, 0.25) is 0 Å². The molecule has 1 unspecified atom stereocenters. The Morgan fingerprint density at radius 1 is 1.36 bits per heavy atom. The van der Waals surface area contributed by atoms with Gasteiger partial charge in [-0.1, -0.05) is 20.3 Å². The van der Waals surface area contributed by atoms with Crippen molar-refractivity contribution >= 4 is 15.9 Å². The maximum absolute atomic E-state index is 11.3. The third kappa shape index (κ3) is 5.18. The summed E-state index contributed by atoms with van der Waals surface area (Å²) in [7, 11) is -3.35. The summed E-state index contributed by atoms with van der Waals surface area (Å²) in [5, 5.41) is 0. The number of primary amides is 1. The Kier molecular flexibility index (Phi) is 5.71. The number of nitrogens with two attached hydrogens (primary N) is 1. The second-order valence-corrected chi connectivity index (χ2v) is 5.05. The Morgan fingerprint density at radius 2 is 1.93 bits per heavy atom. The summed E-state index contributed by atoms with van der Waals surface area (Å²) in [5.41, 5.74) is 5.06. The molecular weight excluding hydrogens is 204 g/mol. The number of rotatable bonds is 7. The van der Waals surface area contributed by atoms with Crippen molar-refractivity contribution in [2.75, 3.05) is 5.75 Å². The van der Waals surface area contributed by atoms with Gasteiger partial charge in [0.25, 0.3) is 0 Å². The molecule has 0 aliphatic rings. The average molecular weight is 222 g/mol. The van der Waals surface area contributed by atoms with Crippen molar-refractivity contribution in [1.82, 2.24) is 4.72 Å². The molecular formula is C8H18N2O3S. The Hall–Kier alpha value is -0.620. The summed E-state index contributed by atoms with van der Waals surface area (Å²) in [6.45, 7) is 3.63. The molecule has 0 fully saturated rings. The Labute approximate surface area is 85.1 Å². The Balaban J connectivity index is 4.36. The van der Waals surface area contributed by atoms with E-state index in [2.05, 4.69) is 4.72 Å². The minimum Gasteiger partial charge on any atom is -0.368 e. The van der Waals surface area contributed by atoms with Crippen LogP contribution in [0.4, 0.5) is 0 Å². The molecule has 0 heterocycles. The smallest absolute Gasteiger partial charge is 0.235 e. The standard InChI is InChI=1S/C8H18N2O3S/c1-3-5-7(8(9)11)10-14(12,13)6-4-2/h7,10H,3-6H2,1-2H3,(H2,9,11). The lowest BCUT2D eigenvalue weighted by Crippen LogP contribution is -2.45. The van der Waals surface area contributed by atoms with Crippen LogP contribution in [0.25, 0.3) is 0 Å². The van der Waals surface area contributed by atoms with E-state index in [0.29, 0.717) is 19.3 Å². The van der Waals surface area contributed by atoms with E-state index >= 15 is 0 Å². The quantitative estimate of drug-likeness (QED) is 0.634. The van der Waals surface area contributed by atoms with Gasteiger partial charge >= 0.3 is 0 Å². The third-order valence-electron chi connectivity index (χ3n) is 1.72. The fourth-order valence-electron chi connectivity index (χ4n) is 1.09. The highest BCUT2D eigenvalue weighted by Crippen LogP contribution is 1.99.